The number of halogens is 2. The summed E-state index contributed by atoms with van der Waals surface area (Å²) in [5.74, 6) is 0.314. The van der Waals surface area contributed by atoms with E-state index in [2.05, 4.69) is 43.3 Å². The number of hydrogen-bond acceptors (Lipinski definition) is 5. The lowest BCUT2D eigenvalue weighted by Gasteiger charge is -2.15. The van der Waals surface area contributed by atoms with Crippen LogP contribution in [0.15, 0.2) is 58.7 Å². The normalized spacial score (nSPS) is 11.7. The molecule has 1 atom stereocenters. The van der Waals surface area contributed by atoms with Gasteiger partial charge in [0.2, 0.25) is 5.91 Å². The van der Waals surface area contributed by atoms with Gasteiger partial charge < -0.3 is 15.2 Å². The summed E-state index contributed by atoms with van der Waals surface area (Å²) < 4.78 is 2.84. The highest BCUT2D eigenvalue weighted by Gasteiger charge is 2.21. The van der Waals surface area contributed by atoms with Gasteiger partial charge in [-0.15, -0.1) is 16.8 Å². The van der Waals surface area contributed by atoms with E-state index >= 15 is 0 Å². The first-order chi connectivity index (χ1) is 16.2. The topological polar surface area (TPSA) is 88.9 Å². The van der Waals surface area contributed by atoms with Gasteiger partial charge in [0.25, 0.3) is 5.91 Å². The van der Waals surface area contributed by atoms with Crippen LogP contribution >= 0.6 is 39.3 Å². The van der Waals surface area contributed by atoms with Gasteiger partial charge in [-0.05, 0) is 62.2 Å². The molecular formula is C24H25BrClN5O2S. The number of nitrogens with zero attached hydrogens (tertiary/aromatic N) is 3. The number of allylic oxidation sites excluding steroid dienone is 1. The zero-order chi connectivity index (χ0) is 24.8. The fourth-order valence-electron chi connectivity index (χ4n) is 3.24. The molecule has 0 spiro atoms. The van der Waals surface area contributed by atoms with Gasteiger partial charge in [-0.3, -0.25) is 9.59 Å². The van der Waals surface area contributed by atoms with Crippen molar-refractivity contribution >= 4 is 56.8 Å². The number of aromatic nitrogens is 3. The Morgan fingerprint density at radius 3 is 2.71 bits per heavy atom. The Morgan fingerprint density at radius 2 is 2.00 bits per heavy atom. The van der Waals surface area contributed by atoms with E-state index in [-0.39, 0.29) is 17.6 Å². The molecule has 3 rings (SSSR count). The summed E-state index contributed by atoms with van der Waals surface area (Å²) in [5.41, 5.74) is 3.32. The molecule has 0 saturated heterocycles. The molecule has 1 unspecified atom stereocenters. The van der Waals surface area contributed by atoms with E-state index in [1.54, 1.807) is 30.3 Å². The number of anilines is 1. The van der Waals surface area contributed by atoms with E-state index < -0.39 is 6.04 Å². The van der Waals surface area contributed by atoms with Crippen LogP contribution in [0.5, 0.6) is 0 Å². The van der Waals surface area contributed by atoms with E-state index in [1.807, 2.05) is 37.5 Å². The minimum atomic E-state index is -0.421. The van der Waals surface area contributed by atoms with Crippen molar-refractivity contribution < 1.29 is 9.59 Å². The Bertz CT molecular complexity index is 1230. The summed E-state index contributed by atoms with van der Waals surface area (Å²) >= 11 is 10.8. The molecule has 0 aliphatic carbocycles. The summed E-state index contributed by atoms with van der Waals surface area (Å²) in [5, 5.41) is 15.4. The van der Waals surface area contributed by atoms with Crippen molar-refractivity contribution in [2.24, 2.45) is 0 Å². The first-order valence-corrected chi connectivity index (χ1v) is 12.7. The maximum atomic E-state index is 12.6. The SMILES string of the molecule is C=CCn1c(SCC(=O)Nc2ccc(Br)c(C)c2C)nnc1C(C)NC(=O)c1cccc(Cl)c1. The van der Waals surface area contributed by atoms with E-state index in [1.165, 1.54) is 11.8 Å². The first-order valence-electron chi connectivity index (χ1n) is 10.5. The van der Waals surface area contributed by atoms with Gasteiger partial charge in [0.15, 0.2) is 11.0 Å². The molecule has 178 valence electrons. The predicted octanol–water partition coefficient (Wildman–Crippen LogP) is 5.72. The minimum absolute atomic E-state index is 0.146. The molecule has 3 aromatic rings. The molecule has 0 saturated carbocycles. The van der Waals surface area contributed by atoms with Crippen LogP contribution in [-0.2, 0) is 11.3 Å². The zero-order valence-electron chi connectivity index (χ0n) is 19.1. The second kappa shape index (κ2) is 11.7. The lowest BCUT2D eigenvalue weighted by atomic mass is 10.1. The van der Waals surface area contributed by atoms with Gasteiger partial charge in [0.05, 0.1) is 11.8 Å². The highest BCUT2D eigenvalue weighted by molar-refractivity contribution is 9.10. The molecule has 0 fully saturated rings. The monoisotopic (exact) mass is 561 g/mol. The zero-order valence-corrected chi connectivity index (χ0v) is 22.2. The van der Waals surface area contributed by atoms with Crippen LogP contribution in [-0.4, -0.2) is 32.3 Å². The summed E-state index contributed by atoms with van der Waals surface area (Å²) in [6, 6.07) is 10.1. The number of nitrogens with one attached hydrogen (secondary N) is 2. The molecule has 1 heterocycles. The number of carbonyl (C=O) groups excluding carboxylic acids is 2. The summed E-state index contributed by atoms with van der Waals surface area (Å²) in [6.45, 7) is 10.0. The number of hydrogen-bond donors (Lipinski definition) is 2. The second-order valence-electron chi connectivity index (χ2n) is 7.63. The number of benzene rings is 2. The van der Waals surface area contributed by atoms with Crippen LogP contribution in [0.3, 0.4) is 0 Å². The van der Waals surface area contributed by atoms with Crippen LogP contribution in [0.2, 0.25) is 5.02 Å². The number of rotatable bonds is 9. The van der Waals surface area contributed by atoms with Crippen molar-refractivity contribution in [3.05, 3.63) is 81.1 Å². The van der Waals surface area contributed by atoms with Gasteiger partial charge in [-0.1, -0.05) is 51.4 Å². The van der Waals surface area contributed by atoms with Gasteiger partial charge in [0, 0.05) is 27.3 Å². The average Bonchev–Trinajstić information content (AvgIpc) is 3.21. The van der Waals surface area contributed by atoms with Gasteiger partial charge in [0.1, 0.15) is 0 Å². The highest BCUT2D eigenvalue weighted by Crippen LogP contribution is 2.27. The maximum Gasteiger partial charge on any atom is 0.251 e. The summed E-state index contributed by atoms with van der Waals surface area (Å²) in [7, 11) is 0. The van der Waals surface area contributed by atoms with Crippen molar-refractivity contribution in [1.82, 2.24) is 20.1 Å². The molecule has 34 heavy (non-hydrogen) atoms. The maximum absolute atomic E-state index is 12.6. The van der Waals surface area contributed by atoms with Crippen LogP contribution in [0.25, 0.3) is 0 Å². The third kappa shape index (κ3) is 6.28. The second-order valence-corrected chi connectivity index (χ2v) is 9.86. The van der Waals surface area contributed by atoms with Crippen molar-refractivity contribution in [1.29, 1.82) is 0 Å². The van der Waals surface area contributed by atoms with E-state index in [0.29, 0.717) is 28.1 Å². The standard InChI is InChI=1S/C24H25BrClN5O2S/c1-5-11-31-22(16(4)27-23(33)17-7-6-8-18(26)12-17)29-30-24(31)34-13-21(32)28-20-10-9-19(25)14(2)15(20)3/h5-10,12,16H,1,11,13H2,2-4H3,(H,27,33)(H,28,32). The minimum Gasteiger partial charge on any atom is -0.342 e. The fraction of sp³-hybridized carbons (Fsp3) is 0.250. The molecule has 7 nitrogen and oxygen atoms in total. The first kappa shape index (κ1) is 26.0. The van der Waals surface area contributed by atoms with Crippen molar-refractivity contribution in [2.45, 2.75) is 38.5 Å². The highest BCUT2D eigenvalue weighted by atomic mass is 79.9. The molecule has 0 aliphatic rings. The van der Waals surface area contributed by atoms with Crippen molar-refractivity contribution in [3.63, 3.8) is 0 Å². The Morgan fingerprint density at radius 1 is 1.24 bits per heavy atom. The molecule has 0 aliphatic heterocycles. The third-order valence-electron chi connectivity index (χ3n) is 5.21. The van der Waals surface area contributed by atoms with Gasteiger partial charge in [-0.2, -0.15) is 0 Å². The third-order valence-corrected chi connectivity index (χ3v) is 7.27. The van der Waals surface area contributed by atoms with Crippen LogP contribution in [0.1, 0.15) is 40.3 Å². The van der Waals surface area contributed by atoms with Gasteiger partial charge >= 0.3 is 0 Å². The largest absolute Gasteiger partial charge is 0.342 e. The number of thioether (sulfide) groups is 1. The Kier molecular flexibility index (Phi) is 8.93. The molecule has 1 aromatic heterocycles. The van der Waals surface area contributed by atoms with Crippen molar-refractivity contribution in [3.8, 4) is 0 Å². The van der Waals surface area contributed by atoms with Gasteiger partial charge in [-0.25, -0.2) is 0 Å². The Balaban J connectivity index is 1.68. The lowest BCUT2D eigenvalue weighted by Crippen LogP contribution is -2.28. The number of amides is 2. The van der Waals surface area contributed by atoms with Crippen LogP contribution in [0.4, 0.5) is 5.69 Å². The van der Waals surface area contributed by atoms with Crippen LogP contribution < -0.4 is 10.6 Å². The molecule has 0 radical (unpaired) electrons. The fourth-order valence-corrected chi connectivity index (χ4v) is 4.62. The molecule has 2 N–H and O–H groups in total. The van der Waals surface area contributed by atoms with Crippen LogP contribution in [0, 0.1) is 13.8 Å². The smallest absolute Gasteiger partial charge is 0.251 e. The van der Waals surface area contributed by atoms with E-state index in [0.717, 1.165) is 21.3 Å². The van der Waals surface area contributed by atoms with E-state index in [4.69, 9.17) is 11.6 Å². The Labute approximate surface area is 216 Å². The molecule has 2 aromatic carbocycles. The predicted molar refractivity (Wildman–Crippen MR) is 141 cm³/mol. The average molecular weight is 563 g/mol. The van der Waals surface area contributed by atoms with Crippen molar-refractivity contribution in [2.75, 3.05) is 11.1 Å². The Hall–Kier alpha value is -2.62. The summed E-state index contributed by atoms with van der Waals surface area (Å²) in [6.07, 6.45) is 1.72. The quantitative estimate of drug-likeness (QED) is 0.257. The lowest BCUT2D eigenvalue weighted by molar-refractivity contribution is -0.113. The molecular weight excluding hydrogens is 538 g/mol. The molecule has 10 heteroatoms. The molecule has 2 amide bonds. The number of carbonyl (C=O) groups is 2. The summed E-state index contributed by atoms with van der Waals surface area (Å²) in [4.78, 5) is 25.2. The van der Waals surface area contributed by atoms with E-state index in [9.17, 15) is 9.59 Å². The molecule has 0 bridgehead atoms.